The molecule has 190 valence electrons. The van der Waals surface area contributed by atoms with Gasteiger partial charge in [0.25, 0.3) is 5.91 Å². The van der Waals surface area contributed by atoms with Crippen LogP contribution in [0.5, 0.6) is 5.75 Å². The van der Waals surface area contributed by atoms with E-state index in [0.29, 0.717) is 12.3 Å². The zero-order chi connectivity index (χ0) is 27.2. The van der Waals surface area contributed by atoms with Crippen molar-refractivity contribution in [2.45, 2.75) is 20.5 Å². The lowest BCUT2D eigenvalue weighted by atomic mass is 10.1. The number of aromatic carboxylic acids is 1. The van der Waals surface area contributed by atoms with Gasteiger partial charge in [-0.15, -0.1) is 0 Å². The highest BCUT2D eigenvalue weighted by Crippen LogP contribution is 2.25. The molecule has 0 spiro atoms. The fourth-order valence-electron chi connectivity index (χ4n) is 4.00. The maximum Gasteiger partial charge on any atom is 0.335 e. The van der Waals surface area contributed by atoms with Crippen LogP contribution in [0.1, 0.15) is 32.9 Å². The van der Waals surface area contributed by atoms with E-state index in [4.69, 9.17) is 9.84 Å². The third kappa shape index (κ3) is 6.20. The largest absolute Gasteiger partial charge is 0.489 e. The van der Waals surface area contributed by atoms with Crippen LogP contribution in [0.2, 0.25) is 0 Å². The van der Waals surface area contributed by atoms with E-state index in [1.54, 1.807) is 6.07 Å². The monoisotopic (exact) mass is 569 g/mol. The molecule has 1 aromatic heterocycles. The Morgan fingerprint density at radius 1 is 1.05 bits per heavy atom. The number of carboxylic acid groups (broad SMARTS) is 1. The molecule has 38 heavy (non-hydrogen) atoms. The van der Waals surface area contributed by atoms with Crippen molar-refractivity contribution in [1.82, 2.24) is 4.57 Å². The second kappa shape index (κ2) is 11.6. The van der Waals surface area contributed by atoms with Crippen LogP contribution in [0, 0.1) is 25.2 Å². The SMILES string of the molecule is Cc1cc(/C=C(/C#N)C(=O)Nc2cccc(C(=O)O)c2)c(C)n1-c1ccc(OCc2ccc(Br)cc2)cc1. The van der Waals surface area contributed by atoms with Gasteiger partial charge in [0.2, 0.25) is 0 Å². The zero-order valence-corrected chi connectivity index (χ0v) is 22.3. The van der Waals surface area contributed by atoms with E-state index in [9.17, 15) is 14.9 Å². The first-order valence-corrected chi connectivity index (χ1v) is 12.5. The van der Waals surface area contributed by atoms with Gasteiger partial charge in [-0.3, -0.25) is 4.79 Å². The molecular weight excluding hydrogens is 546 g/mol. The number of carbonyl (C=O) groups excluding carboxylic acids is 1. The van der Waals surface area contributed by atoms with E-state index in [1.165, 1.54) is 24.3 Å². The first-order valence-electron chi connectivity index (χ1n) is 11.7. The van der Waals surface area contributed by atoms with Crippen molar-refractivity contribution in [3.05, 3.63) is 117 Å². The van der Waals surface area contributed by atoms with Crippen LogP contribution in [-0.4, -0.2) is 21.6 Å². The maximum atomic E-state index is 12.7. The average Bonchev–Trinajstić information content (AvgIpc) is 3.19. The van der Waals surface area contributed by atoms with Gasteiger partial charge in [0, 0.05) is 27.2 Å². The van der Waals surface area contributed by atoms with Crippen LogP contribution >= 0.6 is 15.9 Å². The summed E-state index contributed by atoms with van der Waals surface area (Å²) in [5.41, 5.74) is 4.75. The number of nitrogens with one attached hydrogen (secondary N) is 1. The van der Waals surface area contributed by atoms with Crippen LogP contribution in [0.25, 0.3) is 11.8 Å². The molecule has 1 heterocycles. The molecule has 0 aliphatic carbocycles. The lowest BCUT2D eigenvalue weighted by Gasteiger charge is -2.12. The molecule has 0 radical (unpaired) electrons. The lowest BCUT2D eigenvalue weighted by Crippen LogP contribution is -2.14. The van der Waals surface area contributed by atoms with Crippen LogP contribution in [0.15, 0.2) is 88.9 Å². The molecule has 0 atom stereocenters. The molecule has 0 aliphatic heterocycles. The summed E-state index contributed by atoms with van der Waals surface area (Å²) in [7, 11) is 0. The molecule has 4 aromatic rings. The lowest BCUT2D eigenvalue weighted by molar-refractivity contribution is -0.112. The van der Waals surface area contributed by atoms with Crippen molar-refractivity contribution in [2.24, 2.45) is 0 Å². The predicted molar refractivity (Wildman–Crippen MR) is 149 cm³/mol. The van der Waals surface area contributed by atoms with Gasteiger partial charge in [-0.05, 0) is 91.7 Å². The highest BCUT2D eigenvalue weighted by Gasteiger charge is 2.15. The normalized spacial score (nSPS) is 11.1. The topological polar surface area (TPSA) is 104 Å². The molecule has 0 unspecified atom stereocenters. The minimum Gasteiger partial charge on any atom is -0.489 e. The van der Waals surface area contributed by atoms with Crippen LogP contribution < -0.4 is 10.1 Å². The molecule has 0 bridgehead atoms. The molecule has 2 N–H and O–H groups in total. The van der Waals surface area contributed by atoms with Gasteiger partial charge in [-0.1, -0.05) is 34.1 Å². The Morgan fingerprint density at radius 2 is 1.76 bits per heavy atom. The smallest absolute Gasteiger partial charge is 0.335 e. The van der Waals surface area contributed by atoms with E-state index in [1.807, 2.05) is 79.1 Å². The van der Waals surface area contributed by atoms with E-state index >= 15 is 0 Å². The number of ether oxygens (including phenoxy) is 1. The highest BCUT2D eigenvalue weighted by molar-refractivity contribution is 9.10. The molecule has 0 saturated heterocycles. The number of nitriles is 1. The number of hydrogen-bond donors (Lipinski definition) is 2. The van der Waals surface area contributed by atoms with Crippen molar-refractivity contribution in [3.63, 3.8) is 0 Å². The van der Waals surface area contributed by atoms with Gasteiger partial charge in [0.05, 0.1) is 5.56 Å². The fraction of sp³-hybridized carbons (Fsp3) is 0.100. The standard InChI is InChI=1S/C30H24BrN3O4/c1-19-14-23(15-24(17-32)29(35)33-26-5-3-4-22(16-26)30(36)37)20(2)34(19)27-10-12-28(13-11-27)38-18-21-6-8-25(31)9-7-21/h3-16H,18H2,1-2H3,(H,33,35)(H,36,37)/b24-15-. The third-order valence-corrected chi connectivity index (χ3v) is 6.44. The number of rotatable bonds is 8. The summed E-state index contributed by atoms with van der Waals surface area (Å²) in [6, 6.07) is 25.4. The predicted octanol–water partition coefficient (Wildman–Crippen LogP) is 6.68. The molecule has 0 aliphatic rings. The van der Waals surface area contributed by atoms with Crippen LogP contribution in [0.4, 0.5) is 5.69 Å². The minimum absolute atomic E-state index is 0.0403. The zero-order valence-electron chi connectivity index (χ0n) is 20.7. The fourth-order valence-corrected chi connectivity index (χ4v) is 4.27. The molecule has 1 amide bonds. The first-order chi connectivity index (χ1) is 18.2. The van der Waals surface area contributed by atoms with Gasteiger partial charge < -0.3 is 19.7 Å². The number of hydrogen-bond acceptors (Lipinski definition) is 4. The Labute approximate surface area is 228 Å². The maximum absolute atomic E-state index is 12.7. The summed E-state index contributed by atoms with van der Waals surface area (Å²) in [5, 5.41) is 21.4. The Morgan fingerprint density at radius 3 is 2.42 bits per heavy atom. The van der Waals surface area contributed by atoms with E-state index in [2.05, 4.69) is 21.2 Å². The summed E-state index contributed by atoms with van der Waals surface area (Å²) in [5.74, 6) is -0.976. The molecule has 3 aromatic carbocycles. The summed E-state index contributed by atoms with van der Waals surface area (Å²) in [6.07, 6.45) is 1.53. The minimum atomic E-state index is -1.10. The number of carbonyl (C=O) groups is 2. The Hall–Kier alpha value is -4.61. The number of carboxylic acids is 1. The van der Waals surface area contributed by atoms with Crippen LogP contribution in [0.3, 0.4) is 0 Å². The number of amides is 1. The number of aromatic nitrogens is 1. The summed E-state index contributed by atoms with van der Waals surface area (Å²) < 4.78 is 8.96. The van der Waals surface area contributed by atoms with E-state index < -0.39 is 11.9 Å². The number of halogens is 1. The Bertz CT molecular complexity index is 1560. The van der Waals surface area contributed by atoms with E-state index in [-0.39, 0.29) is 11.1 Å². The third-order valence-electron chi connectivity index (χ3n) is 5.92. The quantitative estimate of drug-likeness (QED) is 0.182. The molecule has 0 fully saturated rings. The molecule has 7 nitrogen and oxygen atoms in total. The molecule has 4 rings (SSSR count). The second-order valence-corrected chi connectivity index (χ2v) is 9.50. The van der Waals surface area contributed by atoms with E-state index in [0.717, 1.165) is 38.4 Å². The highest BCUT2D eigenvalue weighted by atomic mass is 79.9. The molecular formula is C30H24BrN3O4. The number of anilines is 1. The first kappa shape index (κ1) is 26.5. The van der Waals surface area contributed by atoms with Gasteiger partial charge in [0.15, 0.2) is 0 Å². The van der Waals surface area contributed by atoms with Crippen molar-refractivity contribution in [3.8, 4) is 17.5 Å². The summed E-state index contributed by atoms with van der Waals surface area (Å²) >= 11 is 3.43. The van der Waals surface area contributed by atoms with Gasteiger partial charge >= 0.3 is 5.97 Å². The molecule has 8 heteroatoms. The summed E-state index contributed by atoms with van der Waals surface area (Å²) in [6.45, 7) is 4.33. The number of nitrogens with zero attached hydrogens (tertiary/aromatic N) is 2. The van der Waals surface area contributed by atoms with Crippen molar-refractivity contribution >= 4 is 39.6 Å². The number of benzene rings is 3. The van der Waals surface area contributed by atoms with Crippen molar-refractivity contribution in [1.29, 1.82) is 5.26 Å². The van der Waals surface area contributed by atoms with Gasteiger partial charge in [-0.2, -0.15) is 5.26 Å². The number of aryl methyl sites for hydroxylation is 1. The Balaban J connectivity index is 1.51. The average molecular weight is 570 g/mol. The van der Waals surface area contributed by atoms with Gasteiger partial charge in [-0.25, -0.2) is 4.79 Å². The van der Waals surface area contributed by atoms with Crippen molar-refractivity contribution < 1.29 is 19.4 Å². The second-order valence-electron chi connectivity index (χ2n) is 8.58. The Kier molecular flexibility index (Phi) is 8.09. The van der Waals surface area contributed by atoms with Gasteiger partial charge in [0.1, 0.15) is 24.0 Å². The summed E-state index contributed by atoms with van der Waals surface area (Å²) in [4.78, 5) is 23.9. The molecule has 0 saturated carbocycles. The van der Waals surface area contributed by atoms with Crippen molar-refractivity contribution in [2.75, 3.05) is 5.32 Å². The van der Waals surface area contributed by atoms with Crippen LogP contribution in [-0.2, 0) is 11.4 Å².